The maximum atomic E-state index is 3.49. The molecule has 104 valence electrons. The van der Waals surface area contributed by atoms with Crippen LogP contribution in [-0.2, 0) is 13.0 Å². The average Bonchev–Trinajstić information content (AvgIpc) is 2.73. The molecule has 0 amide bonds. The van der Waals surface area contributed by atoms with Gasteiger partial charge in [0.05, 0.1) is 0 Å². The molecule has 0 aliphatic carbocycles. The number of nitrogens with zero attached hydrogens (tertiary/aromatic N) is 1. The lowest BCUT2D eigenvalue weighted by atomic mass is 10.1. The van der Waals surface area contributed by atoms with Gasteiger partial charge in [0.1, 0.15) is 0 Å². The van der Waals surface area contributed by atoms with Crippen molar-refractivity contribution in [2.24, 2.45) is 5.92 Å². The van der Waals surface area contributed by atoms with Gasteiger partial charge in [-0.3, -0.25) is 0 Å². The van der Waals surface area contributed by atoms with E-state index in [4.69, 9.17) is 0 Å². The summed E-state index contributed by atoms with van der Waals surface area (Å²) in [7, 11) is 0. The van der Waals surface area contributed by atoms with Gasteiger partial charge < -0.3 is 9.88 Å². The number of hydrogen-bond donors (Lipinski definition) is 1. The molecule has 1 N–H and O–H groups in total. The van der Waals surface area contributed by atoms with Gasteiger partial charge in [-0.1, -0.05) is 39.0 Å². The second kappa shape index (κ2) is 6.76. The molecule has 0 atom stereocenters. The first-order valence-electron chi connectivity index (χ1n) is 7.49. The van der Waals surface area contributed by atoms with Gasteiger partial charge in [-0.2, -0.15) is 0 Å². The lowest BCUT2D eigenvalue weighted by molar-refractivity contribution is 0.534. The maximum absolute atomic E-state index is 3.49. The fourth-order valence-electron chi connectivity index (χ4n) is 2.59. The Balaban J connectivity index is 2.18. The smallest absolute Gasteiger partial charge is 0.0483 e. The monoisotopic (exact) mass is 258 g/mol. The van der Waals surface area contributed by atoms with E-state index in [0.717, 1.165) is 26.1 Å². The van der Waals surface area contributed by atoms with Crippen molar-refractivity contribution in [2.75, 3.05) is 13.1 Å². The molecule has 0 saturated carbocycles. The number of benzene rings is 1. The molecule has 19 heavy (non-hydrogen) atoms. The summed E-state index contributed by atoms with van der Waals surface area (Å²) in [6, 6.07) is 8.77. The van der Waals surface area contributed by atoms with Crippen LogP contribution in [0.25, 0.3) is 10.9 Å². The van der Waals surface area contributed by atoms with Crippen LogP contribution in [-0.4, -0.2) is 17.7 Å². The predicted octanol–water partition coefficient (Wildman–Crippen LogP) is 3.84. The van der Waals surface area contributed by atoms with Crippen molar-refractivity contribution in [2.45, 2.75) is 40.2 Å². The normalized spacial score (nSPS) is 11.6. The highest BCUT2D eigenvalue weighted by Gasteiger charge is 2.08. The van der Waals surface area contributed by atoms with E-state index in [9.17, 15) is 0 Å². The van der Waals surface area contributed by atoms with E-state index < -0.39 is 0 Å². The number of nitrogens with one attached hydrogen (secondary N) is 1. The fourth-order valence-corrected chi connectivity index (χ4v) is 2.59. The molecule has 0 radical (unpaired) electrons. The van der Waals surface area contributed by atoms with Gasteiger partial charge in [0.2, 0.25) is 0 Å². The Morgan fingerprint density at radius 1 is 1.16 bits per heavy atom. The Morgan fingerprint density at radius 3 is 2.68 bits per heavy atom. The summed E-state index contributed by atoms with van der Waals surface area (Å²) >= 11 is 0. The second-order valence-electron chi connectivity index (χ2n) is 5.72. The van der Waals surface area contributed by atoms with Gasteiger partial charge in [-0.05, 0) is 43.5 Å². The van der Waals surface area contributed by atoms with Gasteiger partial charge in [-0.25, -0.2) is 0 Å². The fraction of sp³-hybridized carbons (Fsp3) is 0.529. The summed E-state index contributed by atoms with van der Waals surface area (Å²) in [4.78, 5) is 0. The molecule has 0 unspecified atom stereocenters. The number of para-hydroxylation sites is 1. The summed E-state index contributed by atoms with van der Waals surface area (Å²) < 4.78 is 2.41. The van der Waals surface area contributed by atoms with Crippen molar-refractivity contribution in [1.29, 1.82) is 0 Å². The largest absolute Gasteiger partial charge is 0.347 e. The molecule has 1 aromatic carbocycles. The van der Waals surface area contributed by atoms with Gasteiger partial charge in [0.25, 0.3) is 0 Å². The zero-order chi connectivity index (χ0) is 13.7. The van der Waals surface area contributed by atoms with Gasteiger partial charge in [0, 0.05) is 23.6 Å². The Kier molecular flexibility index (Phi) is 5.03. The van der Waals surface area contributed by atoms with Gasteiger partial charge in [0.15, 0.2) is 0 Å². The molecule has 2 nitrogen and oxygen atoms in total. The molecule has 1 aromatic heterocycles. The molecule has 1 heterocycles. The van der Waals surface area contributed by atoms with Crippen molar-refractivity contribution in [3.63, 3.8) is 0 Å². The van der Waals surface area contributed by atoms with E-state index in [0.29, 0.717) is 5.92 Å². The van der Waals surface area contributed by atoms with Crippen LogP contribution in [0.2, 0.25) is 0 Å². The minimum Gasteiger partial charge on any atom is -0.347 e. The molecule has 0 bridgehead atoms. The third kappa shape index (κ3) is 3.60. The molecule has 0 aliphatic rings. The van der Waals surface area contributed by atoms with Gasteiger partial charge in [-0.15, -0.1) is 0 Å². The molecule has 2 aromatic rings. The van der Waals surface area contributed by atoms with Crippen molar-refractivity contribution in [3.8, 4) is 0 Å². The SMILES string of the molecule is CCCNCCc1cn(CC(C)C)c2ccccc12. The highest BCUT2D eigenvalue weighted by molar-refractivity contribution is 5.84. The number of aromatic nitrogens is 1. The van der Waals surface area contributed by atoms with Crippen molar-refractivity contribution < 1.29 is 0 Å². The number of fused-ring (bicyclic) bond motifs is 1. The van der Waals surface area contributed by atoms with Crippen LogP contribution in [0, 0.1) is 5.92 Å². The quantitative estimate of drug-likeness (QED) is 0.747. The summed E-state index contributed by atoms with van der Waals surface area (Å²) in [6.07, 6.45) is 4.67. The minimum atomic E-state index is 0.682. The second-order valence-corrected chi connectivity index (χ2v) is 5.72. The molecular weight excluding hydrogens is 232 g/mol. The highest BCUT2D eigenvalue weighted by atomic mass is 15.0. The Hall–Kier alpha value is -1.28. The molecule has 0 saturated heterocycles. The lowest BCUT2D eigenvalue weighted by Crippen LogP contribution is -2.17. The average molecular weight is 258 g/mol. The Labute approximate surface area is 116 Å². The topological polar surface area (TPSA) is 17.0 Å². The molecule has 0 fully saturated rings. The highest BCUT2D eigenvalue weighted by Crippen LogP contribution is 2.22. The third-order valence-electron chi connectivity index (χ3n) is 3.43. The van der Waals surface area contributed by atoms with E-state index in [1.165, 1.54) is 22.9 Å². The maximum Gasteiger partial charge on any atom is 0.0483 e. The molecule has 0 spiro atoms. The van der Waals surface area contributed by atoms with Crippen LogP contribution in [0.1, 0.15) is 32.8 Å². The standard InChI is InChI=1S/C17H26N2/c1-4-10-18-11-9-15-13-19(12-14(2)3)17-8-6-5-7-16(15)17/h5-8,13-14,18H,4,9-12H2,1-3H3. The van der Waals surface area contributed by atoms with E-state index in [-0.39, 0.29) is 0 Å². The molecular formula is C17H26N2. The molecule has 0 aliphatic heterocycles. The van der Waals surface area contributed by atoms with E-state index in [1.54, 1.807) is 0 Å². The molecule has 2 rings (SSSR count). The van der Waals surface area contributed by atoms with E-state index in [2.05, 4.69) is 61.1 Å². The summed E-state index contributed by atoms with van der Waals surface area (Å²) in [5.41, 5.74) is 2.85. The lowest BCUT2D eigenvalue weighted by Gasteiger charge is -2.07. The zero-order valence-corrected chi connectivity index (χ0v) is 12.4. The van der Waals surface area contributed by atoms with Crippen LogP contribution in [0.5, 0.6) is 0 Å². The van der Waals surface area contributed by atoms with Crippen LogP contribution in [0.4, 0.5) is 0 Å². The van der Waals surface area contributed by atoms with Crippen LogP contribution < -0.4 is 5.32 Å². The van der Waals surface area contributed by atoms with Crippen molar-refractivity contribution >= 4 is 10.9 Å². The van der Waals surface area contributed by atoms with E-state index >= 15 is 0 Å². The molecule has 2 heteroatoms. The minimum absolute atomic E-state index is 0.682. The summed E-state index contributed by atoms with van der Waals surface area (Å²) in [5, 5.41) is 4.91. The zero-order valence-electron chi connectivity index (χ0n) is 12.4. The first-order valence-corrected chi connectivity index (χ1v) is 7.49. The predicted molar refractivity (Wildman–Crippen MR) is 83.6 cm³/mol. The Morgan fingerprint density at radius 2 is 1.95 bits per heavy atom. The Bertz CT molecular complexity index is 511. The first-order chi connectivity index (χ1) is 9.22. The summed E-state index contributed by atoms with van der Waals surface area (Å²) in [5.74, 6) is 0.682. The van der Waals surface area contributed by atoms with Crippen LogP contribution in [0.3, 0.4) is 0 Å². The van der Waals surface area contributed by atoms with Crippen molar-refractivity contribution in [3.05, 3.63) is 36.0 Å². The van der Waals surface area contributed by atoms with Gasteiger partial charge >= 0.3 is 0 Å². The van der Waals surface area contributed by atoms with Crippen LogP contribution in [0.15, 0.2) is 30.5 Å². The summed E-state index contributed by atoms with van der Waals surface area (Å²) in [6.45, 7) is 10.0. The van der Waals surface area contributed by atoms with Crippen molar-refractivity contribution in [1.82, 2.24) is 9.88 Å². The third-order valence-corrected chi connectivity index (χ3v) is 3.43. The van der Waals surface area contributed by atoms with E-state index in [1.807, 2.05) is 0 Å². The van der Waals surface area contributed by atoms with Crippen LogP contribution >= 0.6 is 0 Å². The number of hydrogen-bond acceptors (Lipinski definition) is 1. The number of rotatable bonds is 7. The first kappa shape index (κ1) is 14.1.